The van der Waals surface area contributed by atoms with Crippen molar-refractivity contribution in [2.75, 3.05) is 0 Å². The van der Waals surface area contributed by atoms with E-state index >= 15 is 0 Å². The van der Waals surface area contributed by atoms with E-state index in [1.54, 1.807) is 0 Å². The summed E-state index contributed by atoms with van der Waals surface area (Å²) in [5.74, 6) is 2.08. The molecule has 0 bridgehead atoms. The van der Waals surface area contributed by atoms with Gasteiger partial charge in [-0.05, 0) is 36.5 Å². The maximum Gasteiger partial charge on any atom is -0.0321 e. The summed E-state index contributed by atoms with van der Waals surface area (Å²) in [4.78, 5) is 0. The molecule has 0 N–H and O–H groups in total. The van der Waals surface area contributed by atoms with Crippen LogP contribution in [0.2, 0.25) is 0 Å². The minimum atomic E-state index is 0.715. The lowest BCUT2D eigenvalue weighted by molar-refractivity contribution is 0.130. The van der Waals surface area contributed by atoms with Gasteiger partial charge >= 0.3 is 0 Å². The molecule has 2 atom stereocenters. The number of hydrogen-bond donors (Lipinski definition) is 0. The second-order valence-corrected chi connectivity index (χ2v) is 6.37. The summed E-state index contributed by atoms with van der Waals surface area (Å²) in [5.41, 5.74) is 0.715. The highest BCUT2D eigenvalue weighted by Crippen LogP contribution is 2.46. The van der Waals surface area contributed by atoms with Gasteiger partial charge in [-0.2, -0.15) is 0 Å². The Kier molecular flexibility index (Phi) is 3.19. The third-order valence-corrected chi connectivity index (χ3v) is 4.57. The molecule has 0 spiro atoms. The van der Waals surface area contributed by atoms with Gasteiger partial charge in [-0.1, -0.05) is 52.4 Å². The smallest absolute Gasteiger partial charge is 0.0321 e. The highest BCUT2D eigenvalue weighted by atomic mass is 14.4. The fourth-order valence-corrected chi connectivity index (χ4v) is 4.02. The van der Waals surface area contributed by atoms with Gasteiger partial charge in [0.05, 0.1) is 0 Å². The lowest BCUT2D eigenvalue weighted by Crippen LogP contribution is -2.26. The molecule has 82 valence electrons. The average molecular weight is 194 g/mol. The van der Waals surface area contributed by atoms with Crippen LogP contribution >= 0.6 is 0 Å². The Morgan fingerprint density at radius 3 is 2.43 bits per heavy atom. The molecule has 0 aliphatic heterocycles. The summed E-state index contributed by atoms with van der Waals surface area (Å²) in [5, 5.41) is 0. The molecule has 0 aromatic rings. The summed E-state index contributed by atoms with van der Waals surface area (Å²) in [6.45, 7) is 5.01. The summed E-state index contributed by atoms with van der Waals surface area (Å²) in [7, 11) is 0. The van der Waals surface area contributed by atoms with Crippen LogP contribution in [0.15, 0.2) is 0 Å². The van der Waals surface area contributed by atoms with Crippen LogP contribution in [0.5, 0.6) is 0 Å². The molecule has 1 unspecified atom stereocenters. The van der Waals surface area contributed by atoms with E-state index < -0.39 is 0 Å². The molecular formula is C14H26. The van der Waals surface area contributed by atoms with Gasteiger partial charge in [0, 0.05) is 0 Å². The van der Waals surface area contributed by atoms with Gasteiger partial charge < -0.3 is 0 Å². The Bertz CT molecular complexity index is 178. The van der Waals surface area contributed by atoms with E-state index in [0.29, 0.717) is 5.41 Å². The van der Waals surface area contributed by atoms with Crippen molar-refractivity contribution in [1.29, 1.82) is 0 Å². The predicted octanol–water partition coefficient (Wildman–Crippen LogP) is 4.78. The van der Waals surface area contributed by atoms with Gasteiger partial charge in [-0.25, -0.2) is 0 Å². The molecule has 0 radical (unpaired) electrons. The highest BCUT2D eigenvalue weighted by molar-refractivity contribution is 4.85. The standard InChI is InChI=1S/C14H26/c1-12-6-5-9-14(2,10-12)11-13-7-3-4-8-13/h12-13H,3-11H2,1-2H3/t12?,14-/m0/s1. The lowest BCUT2D eigenvalue weighted by Gasteiger charge is -2.39. The topological polar surface area (TPSA) is 0 Å². The molecule has 0 saturated heterocycles. The van der Waals surface area contributed by atoms with Gasteiger partial charge in [0.25, 0.3) is 0 Å². The summed E-state index contributed by atoms with van der Waals surface area (Å²) in [6.07, 6.45) is 13.6. The Morgan fingerprint density at radius 1 is 1.07 bits per heavy atom. The zero-order chi connectivity index (χ0) is 10.0. The first-order valence-corrected chi connectivity index (χ1v) is 6.68. The second kappa shape index (κ2) is 4.24. The van der Waals surface area contributed by atoms with Crippen molar-refractivity contribution >= 4 is 0 Å². The van der Waals surface area contributed by atoms with E-state index in [1.165, 1.54) is 57.8 Å². The van der Waals surface area contributed by atoms with Gasteiger partial charge in [-0.15, -0.1) is 0 Å². The second-order valence-electron chi connectivity index (χ2n) is 6.37. The SMILES string of the molecule is CC1CCC[C@](C)(CC2CCCC2)C1. The minimum Gasteiger partial charge on any atom is -0.0625 e. The first-order valence-electron chi connectivity index (χ1n) is 6.68. The number of rotatable bonds is 2. The predicted molar refractivity (Wildman–Crippen MR) is 62.3 cm³/mol. The largest absolute Gasteiger partial charge is 0.0625 e. The third kappa shape index (κ3) is 2.52. The van der Waals surface area contributed by atoms with Crippen molar-refractivity contribution in [3.63, 3.8) is 0 Å². The Hall–Kier alpha value is 0. The molecule has 2 aliphatic rings. The normalized spacial score (nSPS) is 40.3. The van der Waals surface area contributed by atoms with E-state index in [0.717, 1.165) is 11.8 Å². The van der Waals surface area contributed by atoms with Crippen LogP contribution in [-0.2, 0) is 0 Å². The molecule has 2 saturated carbocycles. The van der Waals surface area contributed by atoms with Gasteiger partial charge in [0.1, 0.15) is 0 Å². The zero-order valence-corrected chi connectivity index (χ0v) is 10.0. The summed E-state index contributed by atoms with van der Waals surface area (Å²) >= 11 is 0. The van der Waals surface area contributed by atoms with Crippen molar-refractivity contribution in [2.45, 2.75) is 71.6 Å². The van der Waals surface area contributed by atoms with Crippen molar-refractivity contribution in [2.24, 2.45) is 17.3 Å². The van der Waals surface area contributed by atoms with Gasteiger partial charge in [0.2, 0.25) is 0 Å². The molecule has 0 nitrogen and oxygen atoms in total. The molecule has 0 aromatic carbocycles. The van der Waals surface area contributed by atoms with Crippen molar-refractivity contribution in [3.8, 4) is 0 Å². The van der Waals surface area contributed by atoms with Crippen molar-refractivity contribution in [1.82, 2.24) is 0 Å². The minimum absolute atomic E-state index is 0.715. The Balaban J connectivity index is 1.87. The summed E-state index contributed by atoms with van der Waals surface area (Å²) in [6, 6.07) is 0. The van der Waals surface area contributed by atoms with Crippen LogP contribution in [0.3, 0.4) is 0 Å². The van der Waals surface area contributed by atoms with Gasteiger partial charge in [0.15, 0.2) is 0 Å². The van der Waals surface area contributed by atoms with Crippen LogP contribution in [0.1, 0.15) is 71.6 Å². The molecule has 2 aliphatic carbocycles. The molecule has 0 heterocycles. The van der Waals surface area contributed by atoms with Crippen molar-refractivity contribution < 1.29 is 0 Å². The van der Waals surface area contributed by atoms with Crippen LogP contribution in [0.25, 0.3) is 0 Å². The molecule has 2 fully saturated rings. The third-order valence-electron chi connectivity index (χ3n) is 4.57. The van der Waals surface area contributed by atoms with Crippen LogP contribution in [-0.4, -0.2) is 0 Å². The number of hydrogen-bond acceptors (Lipinski definition) is 0. The monoisotopic (exact) mass is 194 g/mol. The lowest BCUT2D eigenvalue weighted by atomic mass is 9.67. The maximum atomic E-state index is 2.56. The molecule has 0 heteroatoms. The van der Waals surface area contributed by atoms with E-state index in [2.05, 4.69) is 13.8 Å². The quantitative estimate of drug-likeness (QED) is 0.593. The molecule has 0 amide bonds. The molecule has 2 rings (SSSR count). The van der Waals surface area contributed by atoms with Crippen molar-refractivity contribution in [3.05, 3.63) is 0 Å². The summed E-state index contributed by atoms with van der Waals surface area (Å²) < 4.78 is 0. The van der Waals surface area contributed by atoms with E-state index in [9.17, 15) is 0 Å². The Morgan fingerprint density at radius 2 is 1.79 bits per heavy atom. The first kappa shape index (κ1) is 10.5. The zero-order valence-electron chi connectivity index (χ0n) is 10.0. The van der Waals surface area contributed by atoms with E-state index in [-0.39, 0.29) is 0 Å². The fourth-order valence-electron chi connectivity index (χ4n) is 4.02. The van der Waals surface area contributed by atoms with E-state index in [4.69, 9.17) is 0 Å². The van der Waals surface area contributed by atoms with Crippen LogP contribution in [0, 0.1) is 17.3 Å². The first-order chi connectivity index (χ1) is 6.68. The van der Waals surface area contributed by atoms with E-state index in [1.807, 2.05) is 0 Å². The molecule has 0 aromatic heterocycles. The maximum absolute atomic E-state index is 2.56. The Labute approximate surface area is 89.5 Å². The van der Waals surface area contributed by atoms with Crippen LogP contribution in [0.4, 0.5) is 0 Å². The fraction of sp³-hybridized carbons (Fsp3) is 1.00. The van der Waals surface area contributed by atoms with Gasteiger partial charge in [-0.3, -0.25) is 0 Å². The highest BCUT2D eigenvalue weighted by Gasteiger charge is 2.33. The average Bonchev–Trinajstić information content (AvgIpc) is 2.55. The molecule has 14 heavy (non-hydrogen) atoms. The molecular weight excluding hydrogens is 168 g/mol. The van der Waals surface area contributed by atoms with Crippen LogP contribution < -0.4 is 0 Å².